The van der Waals surface area contributed by atoms with Crippen molar-refractivity contribution < 1.29 is 28.7 Å². The van der Waals surface area contributed by atoms with Crippen molar-refractivity contribution in [1.82, 2.24) is 5.43 Å². The summed E-state index contributed by atoms with van der Waals surface area (Å²) in [6, 6.07) is 23.4. The molecule has 4 aromatic rings. The second-order valence-corrected chi connectivity index (χ2v) is 9.57. The van der Waals surface area contributed by atoms with Crippen LogP contribution in [0.2, 0.25) is 10.0 Å². The SMILES string of the molecule is CCc1ccc(NC(=O)C(=O)N/N=C/c2ccc(OC(=O)c3ccc(Cl)cc3)cc2OC(=O)c2ccc(Cl)cc2)cc1. The predicted octanol–water partition coefficient (Wildman–Crippen LogP) is 6.08. The Bertz CT molecular complexity index is 1640. The van der Waals surface area contributed by atoms with Crippen molar-refractivity contribution in [1.29, 1.82) is 0 Å². The molecule has 0 heterocycles. The van der Waals surface area contributed by atoms with Gasteiger partial charge in [0.1, 0.15) is 11.5 Å². The summed E-state index contributed by atoms with van der Waals surface area (Å²) in [5.41, 5.74) is 4.37. The summed E-state index contributed by atoms with van der Waals surface area (Å²) >= 11 is 11.8. The molecule has 0 bridgehead atoms. The number of amides is 2. The maximum Gasteiger partial charge on any atom is 0.343 e. The van der Waals surface area contributed by atoms with E-state index in [1.807, 2.05) is 19.1 Å². The average Bonchev–Trinajstić information content (AvgIpc) is 2.99. The summed E-state index contributed by atoms with van der Waals surface area (Å²) in [5, 5.41) is 7.20. The van der Waals surface area contributed by atoms with Crippen LogP contribution in [0.15, 0.2) is 96.1 Å². The Morgan fingerprint density at radius 2 is 1.31 bits per heavy atom. The van der Waals surface area contributed by atoms with Crippen molar-refractivity contribution in [2.45, 2.75) is 13.3 Å². The number of halogens is 2. The Labute approximate surface area is 251 Å². The maximum atomic E-state index is 12.8. The monoisotopic (exact) mass is 603 g/mol. The van der Waals surface area contributed by atoms with Crippen molar-refractivity contribution >= 4 is 58.9 Å². The second kappa shape index (κ2) is 14.1. The van der Waals surface area contributed by atoms with Crippen LogP contribution in [0.25, 0.3) is 0 Å². The summed E-state index contributed by atoms with van der Waals surface area (Å²) in [5.74, 6) is -3.28. The molecule has 0 spiro atoms. The molecule has 0 aliphatic rings. The quantitative estimate of drug-likeness (QED) is 0.0826. The lowest BCUT2D eigenvalue weighted by molar-refractivity contribution is -0.136. The minimum absolute atomic E-state index is 0.0326. The molecule has 0 atom stereocenters. The molecule has 42 heavy (non-hydrogen) atoms. The highest BCUT2D eigenvalue weighted by Crippen LogP contribution is 2.26. The number of carbonyl (C=O) groups excluding carboxylic acids is 4. The highest BCUT2D eigenvalue weighted by molar-refractivity contribution is 6.39. The number of nitrogens with zero attached hydrogens (tertiary/aromatic N) is 1. The summed E-state index contributed by atoms with van der Waals surface area (Å²) in [4.78, 5) is 49.9. The molecule has 0 aliphatic carbocycles. The van der Waals surface area contributed by atoms with Crippen LogP contribution in [0.5, 0.6) is 11.5 Å². The summed E-state index contributed by atoms with van der Waals surface area (Å²) in [6.07, 6.45) is 2.02. The fourth-order valence-electron chi connectivity index (χ4n) is 3.49. The number of hydrazone groups is 1. The molecule has 212 valence electrons. The van der Waals surface area contributed by atoms with Gasteiger partial charge in [-0.15, -0.1) is 0 Å². The normalized spacial score (nSPS) is 10.6. The van der Waals surface area contributed by atoms with Gasteiger partial charge in [0, 0.05) is 27.4 Å². The Balaban J connectivity index is 1.49. The van der Waals surface area contributed by atoms with E-state index in [-0.39, 0.29) is 28.2 Å². The summed E-state index contributed by atoms with van der Waals surface area (Å²) in [7, 11) is 0. The number of esters is 2. The van der Waals surface area contributed by atoms with Gasteiger partial charge < -0.3 is 14.8 Å². The molecular weight excluding hydrogens is 581 g/mol. The third kappa shape index (κ3) is 8.26. The van der Waals surface area contributed by atoms with E-state index in [9.17, 15) is 19.2 Å². The standard InChI is InChI=1S/C31H23Cl2N3O6/c1-2-19-3-14-25(15-4-19)35-28(37)29(38)36-34-18-22-9-16-26(41-30(39)20-5-10-23(32)11-6-20)17-27(22)42-31(40)21-7-12-24(33)13-8-21/h3-18H,2H2,1H3,(H,35,37)(H,36,38)/b34-18+. The van der Waals surface area contributed by atoms with Crippen molar-refractivity contribution in [2.75, 3.05) is 5.32 Å². The molecule has 0 saturated carbocycles. The molecule has 0 aliphatic heterocycles. The van der Waals surface area contributed by atoms with Crippen molar-refractivity contribution in [2.24, 2.45) is 5.10 Å². The van der Waals surface area contributed by atoms with E-state index in [0.717, 1.165) is 12.0 Å². The summed E-state index contributed by atoms with van der Waals surface area (Å²) < 4.78 is 11.0. The molecule has 4 aromatic carbocycles. The largest absolute Gasteiger partial charge is 0.423 e. The molecule has 0 fully saturated rings. The molecule has 11 heteroatoms. The molecule has 0 radical (unpaired) electrons. The summed E-state index contributed by atoms with van der Waals surface area (Å²) in [6.45, 7) is 2.00. The number of anilines is 1. The van der Waals surface area contributed by atoms with Gasteiger partial charge in [0.05, 0.1) is 17.3 Å². The molecular formula is C31H23Cl2N3O6. The van der Waals surface area contributed by atoms with Crippen LogP contribution in [0, 0.1) is 0 Å². The predicted molar refractivity (Wildman–Crippen MR) is 159 cm³/mol. The van der Waals surface area contributed by atoms with Gasteiger partial charge in [-0.05, 0) is 84.8 Å². The minimum atomic E-state index is -1.01. The average molecular weight is 604 g/mol. The third-order valence-electron chi connectivity index (χ3n) is 5.75. The van der Waals surface area contributed by atoms with E-state index < -0.39 is 23.8 Å². The Morgan fingerprint density at radius 1 is 0.738 bits per heavy atom. The van der Waals surface area contributed by atoms with Gasteiger partial charge in [-0.2, -0.15) is 5.10 Å². The lowest BCUT2D eigenvalue weighted by Gasteiger charge is -2.11. The molecule has 2 N–H and O–H groups in total. The fraction of sp³-hybridized carbons (Fsp3) is 0.0645. The topological polar surface area (TPSA) is 123 Å². The minimum Gasteiger partial charge on any atom is -0.423 e. The van der Waals surface area contributed by atoms with Crippen molar-refractivity contribution in [3.8, 4) is 11.5 Å². The van der Waals surface area contributed by atoms with Gasteiger partial charge in [0.2, 0.25) is 0 Å². The highest BCUT2D eigenvalue weighted by atomic mass is 35.5. The zero-order chi connectivity index (χ0) is 30.1. The van der Waals surface area contributed by atoms with Crippen LogP contribution in [-0.2, 0) is 16.0 Å². The third-order valence-corrected chi connectivity index (χ3v) is 6.26. The van der Waals surface area contributed by atoms with Gasteiger partial charge in [-0.25, -0.2) is 15.0 Å². The fourth-order valence-corrected chi connectivity index (χ4v) is 3.74. The molecule has 0 unspecified atom stereocenters. The zero-order valence-electron chi connectivity index (χ0n) is 22.1. The van der Waals surface area contributed by atoms with E-state index in [2.05, 4.69) is 15.8 Å². The van der Waals surface area contributed by atoms with Gasteiger partial charge in [-0.1, -0.05) is 42.3 Å². The molecule has 2 amide bonds. The first-order chi connectivity index (χ1) is 20.2. The van der Waals surface area contributed by atoms with E-state index in [1.165, 1.54) is 60.8 Å². The first kappa shape index (κ1) is 30.0. The van der Waals surface area contributed by atoms with Gasteiger partial charge in [0.15, 0.2) is 0 Å². The smallest absolute Gasteiger partial charge is 0.343 e. The van der Waals surface area contributed by atoms with Gasteiger partial charge in [-0.3, -0.25) is 9.59 Å². The number of aryl methyl sites for hydroxylation is 1. The molecule has 0 aromatic heterocycles. The lowest BCUT2D eigenvalue weighted by atomic mass is 10.1. The van der Waals surface area contributed by atoms with Gasteiger partial charge in [0.25, 0.3) is 0 Å². The van der Waals surface area contributed by atoms with Crippen LogP contribution in [0.1, 0.15) is 38.8 Å². The van der Waals surface area contributed by atoms with Crippen molar-refractivity contribution in [3.05, 3.63) is 123 Å². The maximum absolute atomic E-state index is 12.8. The van der Waals surface area contributed by atoms with Crippen LogP contribution in [0.4, 0.5) is 5.69 Å². The van der Waals surface area contributed by atoms with E-state index in [0.29, 0.717) is 15.7 Å². The van der Waals surface area contributed by atoms with E-state index in [1.54, 1.807) is 24.3 Å². The zero-order valence-corrected chi connectivity index (χ0v) is 23.6. The number of benzene rings is 4. The Hall–Kier alpha value is -4.99. The second-order valence-electron chi connectivity index (χ2n) is 8.70. The Morgan fingerprint density at radius 3 is 1.88 bits per heavy atom. The van der Waals surface area contributed by atoms with Crippen LogP contribution in [0.3, 0.4) is 0 Å². The van der Waals surface area contributed by atoms with Crippen LogP contribution < -0.4 is 20.2 Å². The molecule has 4 rings (SSSR count). The number of hydrogen-bond donors (Lipinski definition) is 2. The number of nitrogens with one attached hydrogen (secondary N) is 2. The Kier molecular flexibility index (Phi) is 10.0. The highest BCUT2D eigenvalue weighted by Gasteiger charge is 2.16. The lowest BCUT2D eigenvalue weighted by Crippen LogP contribution is -2.32. The van der Waals surface area contributed by atoms with E-state index >= 15 is 0 Å². The van der Waals surface area contributed by atoms with Crippen LogP contribution >= 0.6 is 23.2 Å². The molecule has 0 saturated heterocycles. The number of hydrogen-bond acceptors (Lipinski definition) is 7. The molecule has 9 nitrogen and oxygen atoms in total. The number of carbonyl (C=O) groups is 4. The van der Waals surface area contributed by atoms with Gasteiger partial charge >= 0.3 is 23.8 Å². The van der Waals surface area contributed by atoms with Crippen molar-refractivity contribution in [3.63, 3.8) is 0 Å². The number of ether oxygens (including phenoxy) is 2. The first-order valence-electron chi connectivity index (χ1n) is 12.5. The first-order valence-corrected chi connectivity index (χ1v) is 13.3. The number of rotatable bonds is 8. The van der Waals surface area contributed by atoms with Crippen LogP contribution in [-0.4, -0.2) is 30.0 Å². The van der Waals surface area contributed by atoms with E-state index in [4.69, 9.17) is 32.7 Å².